The number of carbonyl (C=O) groups excluding carboxylic acids is 1. The second-order valence-corrected chi connectivity index (χ2v) is 7.36. The van der Waals surface area contributed by atoms with Gasteiger partial charge in [-0.15, -0.1) is 12.4 Å². The summed E-state index contributed by atoms with van der Waals surface area (Å²) in [6, 6.07) is 0.207. The molecule has 0 aliphatic heterocycles. The molecule has 124 valence electrons. The first-order valence-corrected chi connectivity index (χ1v) is 8.51. The number of hydrogen-bond donors (Lipinski definition) is 1. The van der Waals surface area contributed by atoms with Crippen LogP contribution in [0.4, 0.5) is 0 Å². The molecule has 3 nitrogen and oxygen atoms in total. The molecule has 4 heteroatoms. The lowest BCUT2D eigenvalue weighted by atomic mass is 9.85. The van der Waals surface area contributed by atoms with Crippen LogP contribution in [0.1, 0.15) is 58.8 Å². The van der Waals surface area contributed by atoms with Crippen molar-refractivity contribution in [2.45, 2.75) is 64.8 Å². The SMILES string of the molecule is CC(C)C(N)CCN(C)C(=O)C1CC1C1CCCCC1.Cl. The minimum absolute atomic E-state index is 0. The van der Waals surface area contributed by atoms with Gasteiger partial charge >= 0.3 is 0 Å². The molecule has 0 aromatic rings. The van der Waals surface area contributed by atoms with Gasteiger partial charge in [-0.3, -0.25) is 4.79 Å². The van der Waals surface area contributed by atoms with E-state index in [1.165, 1.54) is 32.1 Å². The maximum atomic E-state index is 12.4. The fourth-order valence-electron chi connectivity index (χ4n) is 3.65. The van der Waals surface area contributed by atoms with Gasteiger partial charge in [0.05, 0.1) is 0 Å². The van der Waals surface area contributed by atoms with E-state index in [1.54, 1.807) is 0 Å². The van der Waals surface area contributed by atoms with Crippen LogP contribution in [0.2, 0.25) is 0 Å². The van der Waals surface area contributed by atoms with Crippen LogP contribution in [0, 0.1) is 23.7 Å². The molecule has 2 saturated carbocycles. The number of hydrogen-bond acceptors (Lipinski definition) is 2. The zero-order chi connectivity index (χ0) is 14.7. The molecule has 2 N–H and O–H groups in total. The molecule has 3 unspecified atom stereocenters. The van der Waals surface area contributed by atoms with Crippen LogP contribution in [-0.4, -0.2) is 30.4 Å². The average Bonchev–Trinajstić information content (AvgIpc) is 3.24. The zero-order valence-electron chi connectivity index (χ0n) is 13.9. The van der Waals surface area contributed by atoms with Gasteiger partial charge in [0.15, 0.2) is 0 Å². The van der Waals surface area contributed by atoms with Crippen molar-refractivity contribution in [1.29, 1.82) is 0 Å². The maximum absolute atomic E-state index is 12.4. The molecule has 2 fully saturated rings. The van der Waals surface area contributed by atoms with Gasteiger partial charge in [-0.05, 0) is 30.6 Å². The summed E-state index contributed by atoms with van der Waals surface area (Å²) in [5.41, 5.74) is 6.06. The Morgan fingerprint density at radius 1 is 1.24 bits per heavy atom. The summed E-state index contributed by atoms with van der Waals surface area (Å²) in [4.78, 5) is 14.4. The molecule has 1 amide bonds. The van der Waals surface area contributed by atoms with Gasteiger partial charge < -0.3 is 10.6 Å². The van der Waals surface area contributed by atoms with Crippen LogP contribution < -0.4 is 5.73 Å². The van der Waals surface area contributed by atoms with E-state index in [1.807, 2.05) is 11.9 Å². The predicted molar refractivity (Wildman–Crippen MR) is 90.5 cm³/mol. The van der Waals surface area contributed by atoms with Gasteiger partial charge in [0.25, 0.3) is 0 Å². The molecule has 0 bridgehead atoms. The zero-order valence-corrected chi connectivity index (χ0v) is 14.7. The lowest BCUT2D eigenvalue weighted by Gasteiger charge is -2.24. The summed E-state index contributed by atoms with van der Waals surface area (Å²) >= 11 is 0. The van der Waals surface area contributed by atoms with Gasteiger partial charge in [-0.1, -0.05) is 46.0 Å². The molecule has 0 radical (unpaired) electrons. The van der Waals surface area contributed by atoms with Crippen molar-refractivity contribution in [2.24, 2.45) is 29.4 Å². The summed E-state index contributed by atoms with van der Waals surface area (Å²) in [5.74, 6) is 2.73. The number of rotatable bonds is 6. The van der Waals surface area contributed by atoms with Gasteiger partial charge in [0.1, 0.15) is 0 Å². The number of nitrogens with two attached hydrogens (primary N) is 1. The number of carbonyl (C=O) groups is 1. The first kappa shape index (κ1) is 18.8. The lowest BCUT2D eigenvalue weighted by Crippen LogP contribution is -2.35. The molecular formula is C17H33ClN2O. The Hall–Kier alpha value is -0.280. The third kappa shape index (κ3) is 5.14. The Morgan fingerprint density at radius 2 is 1.86 bits per heavy atom. The number of amides is 1. The molecule has 0 heterocycles. The van der Waals surface area contributed by atoms with E-state index in [2.05, 4.69) is 13.8 Å². The summed E-state index contributed by atoms with van der Waals surface area (Å²) < 4.78 is 0. The van der Waals surface area contributed by atoms with E-state index in [0.29, 0.717) is 23.7 Å². The topological polar surface area (TPSA) is 46.3 Å². The summed E-state index contributed by atoms with van der Waals surface area (Å²) in [6.07, 6.45) is 8.93. The van der Waals surface area contributed by atoms with E-state index in [4.69, 9.17) is 5.73 Å². The molecule has 0 aromatic carbocycles. The van der Waals surface area contributed by atoms with Gasteiger partial charge in [-0.25, -0.2) is 0 Å². The molecule has 0 spiro atoms. The van der Waals surface area contributed by atoms with Crippen LogP contribution in [0.15, 0.2) is 0 Å². The van der Waals surface area contributed by atoms with Crippen molar-refractivity contribution in [1.82, 2.24) is 4.90 Å². The molecule has 3 atom stereocenters. The third-order valence-corrected chi connectivity index (χ3v) is 5.44. The Bertz CT molecular complexity index is 329. The monoisotopic (exact) mass is 316 g/mol. The first-order valence-electron chi connectivity index (χ1n) is 8.51. The Balaban J connectivity index is 0.00000220. The largest absolute Gasteiger partial charge is 0.345 e. The van der Waals surface area contributed by atoms with Gasteiger partial charge in [-0.2, -0.15) is 0 Å². The van der Waals surface area contributed by atoms with Crippen LogP contribution in [0.3, 0.4) is 0 Å². The molecular weight excluding hydrogens is 284 g/mol. The molecule has 0 saturated heterocycles. The second-order valence-electron chi connectivity index (χ2n) is 7.36. The lowest BCUT2D eigenvalue weighted by molar-refractivity contribution is -0.131. The van der Waals surface area contributed by atoms with Crippen LogP contribution in [-0.2, 0) is 4.79 Å². The van der Waals surface area contributed by atoms with E-state index in [9.17, 15) is 4.79 Å². The van der Waals surface area contributed by atoms with Crippen molar-refractivity contribution >= 4 is 18.3 Å². The third-order valence-electron chi connectivity index (χ3n) is 5.44. The standard InChI is InChI=1S/C17H32N2O.ClH/c1-12(2)16(18)9-10-19(3)17(20)15-11-14(15)13-7-5-4-6-8-13;/h12-16H,4-11,18H2,1-3H3;1H. The Kier molecular flexibility index (Phi) is 7.49. The molecule has 2 aliphatic rings. The first-order chi connectivity index (χ1) is 9.50. The average molecular weight is 317 g/mol. The van der Waals surface area contributed by atoms with E-state index >= 15 is 0 Å². The molecule has 2 rings (SSSR count). The predicted octanol–water partition coefficient (Wildman–Crippen LogP) is 3.46. The molecule has 2 aliphatic carbocycles. The molecule has 21 heavy (non-hydrogen) atoms. The Labute approximate surface area is 136 Å². The van der Waals surface area contributed by atoms with Gasteiger partial charge in [0.2, 0.25) is 5.91 Å². The second kappa shape index (κ2) is 8.38. The van der Waals surface area contributed by atoms with Crippen molar-refractivity contribution < 1.29 is 4.79 Å². The minimum atomic E-state index is 0. The normalized spacial score (nSPS) is 27.1. The highest BCUT2D eigenvalue weighted by Gasteiger charge is 2.48. The highest BCUT2D eigenvalue weighted by molar-refractivity contribution is 5.85. The van der Waals surface area contributed by atoms with Gasteiger partial charge in [0, 0.05) is 25.6 Å². The van der Waals surface area contributed by atoms with E-state index < -0.39 is 0 Å². The fraction of sp³-hybridized carbons (Fsp3) is 0.941. The van der Waals surface area contributed by atoms with Crippen molar-refractivity contribution in [2.75, 3.05) is 13.6 Å². The van der Waals surface area contributed by atoms with Crippen molar-refractivity contribution in [3.63, 3.8) is 0 Å². The number of halogens is 1. The van der Waals surface area contributed by atoms with E-state index in [-0.39, 0.29) is 18.4 Å². The van der Waals surface area contributed by atoms with Crippen LogP contribution in [0.5, 0.6) is 0 Å². The summed E-state index contributed by atoms with van der Waals surface area (Å²) in [5, 5.41) is 0. The van der Waals surface area contributed by atoms with E-state index in [0.717, 1.165) is 25.3 Å². The summed E-state index contributed by atoms with van der Waals surface area (Å²) in [7, 11) is 1.95. The fourth-order valence-corrected chi connectivity index (χ4v) is 3.65. The smallest absolute Gasteiger partial charge is 0.225 e. The maximum Gasteiger partial charge on any atom is 0.225 e. The quantitative estimate of drug-likeness (QED) is 0.815. The number of nitrogens with zero attached hydrogens (tertiary/aromatic N) is 1. The van der Waals surface area contributed by atoms with Crippen molar-refractivity contribution in [3.8, 4) is 0 Å². The van der Waals surface area contributed by atoms with Crippen LogP contribution >= 0.6 is 12.4 Å². The minimum Gasteiger partial charge on any atom is -0.345 e. The molecule has 0 aromatic heterocycles. The van der Waals surface area contributed by atoms with Crippen LogP contribution in [0.25, 0.3) is 0 Å². The Morgan fingerprint density at radius 3 is 2.43 bits per heavy atom. The van der Waals surface area contributed by atoms with Crippen molar-refractivity contribution in [3.05, 3.63) is 0 Å². The highest BCUT2D eigenvalue weighted by Crippen LogP contribution is 2.50. The highest BCUT2D eigenvalue weighted by atomic mass is 35.5. The summed E-state index contributed by atoms with van der Waals surface area (Å²) in [6.45, 7) is 5.10.